The third kappa shape index (κ3) is 3.45. The van der Waals surface area contributed by atoms with Gasteiger partial charge in [0, 0.05) is 6.04 Å². The average Bonchev–Trinajstić information content (AvgIpc) is 2.82. The van der Waals surface area contributed by atoms with Crippen molar-refractivity contribution < 1.29 is 9.90 Å². The van der Waals surface area contributed by atoms with Crippen molar-refractivity contribution in [2.75, 3.05) is 0 Å². The number of guanidine groups is 1. The molecule has 1 amide bonds. The first-order valence-electron chi connectivity index (χ1n) is 9.01. The molecule has 0 bridgehead atoms. The highest BCUT2D eigenvalue weighted by Crippen LogP contribution is 2.30. The monoisotopic (exact) mass is 307 g/mol. The molecule has 1 saturated heterocycles. The Bertz CT molecular complexity index is 412. The maximum atomic E-state index is 12.6. The first-order chi connectivity index (χ1) is 10.6. The predicted octanol–water partition coefficient (Wildman–Crippen LogP) is 2.39. The standard InChI is InChI=1S/C17H29N3O2/c18-17-19-15(11-6-12-4-2-1-3-5-12)16(22)20(17)13-7-9-14(21)10-8-13/h12-15,21H,1-11H2,(H2,18,19)/t13-,14-,15?. The molecule has 2 saturated carbocycles. The van der Waals surface area contributed by atoms with Gasteiger partial charge in [0.1, 0.15) is 6.04 Å². The molecule has 3 fully saturated rings. The van der Waals surface area contributed by atoms with Crippen LogP contribution in [0.1, 0.15) is 70.6 Å². The van der Waals surface area contributed by atoms with Crippen molar-refractivity contribution in [3.63, 3.8) is 0 Å². The number of hydrogen-bond acceptors (Lipinski definition) is 3. The lowest BCUT2D eigenvalue weighted by Crippen LogP contribution is -2.43. The summed E-state index contributed by atoms with van der Waals surface area (Å²) >= 11 is 0. The zero-order valence-corrected chi connectivity index (χ0v) is 13.4. The van der Waals surface area contributed by atoms with E-state index in [0.717, 1.165) is 44.4 Å². The molecule has 0 aromatic heterocycles. The van der Waals surface area contributed by atoms with Gasteiger partial charge in [0.2, 0.25) is 0 Å². The summed E-state index contributed by atoms with van der Waals surface area (Å²) in [4.78, 5) is 14.3. The summed E-state index contributed by atoms with van der Waals surface area (Å²) in [6.07, 6.45) is 11.5. The van der Waals surface area contributed by atoms with Crippen molar-refractivity contribution in [3.8, 4) is 0 Å². The van der Waals surface area contributed by atoms with Gasteiger partial charge in [0.25, 0.3) is 5.91 Å². The highest BCUT2D eigenvalue weighted by molar-refractivity contribution is 6.05. The number of carbonyl (C=O) groups excluding carboxylic acids is 1. The van der Waals surface area contributed by atoms with Crippen LogP contribution in [0.3, 0.4) is 0 Å². The van der Waals surface area contributed by atoms with Crippen LogP contribution >= 0.6 is 0 Å². The molecule has 0 aromatic rings. The van der Waals surface area contributed by atoms with Gasteiger partial charge in [0.15, 0.2) is 5.96 Å². The smallest absolute Gasteiger partial charge is 0.252 e. The Hall–Kier alpha value is -1.10. The van der Waals surface area contributed by atoms with E-state index in [2.05, 4.69) is 5.32 Å². The summed E-state index contributed by atoms with van der Waals surface area (Å²) in [6, 6.07) is -0.0862. The summed E-state index contributed by atoms with van der Waals surface area (Å²) in [7, 11) is 0. The minimum atomic E-state index is -0.224. The predicted molar refractivity (Wildman–Crippen MR) is 85.6 cm³/mol. The topological polar surface area (TPSA) is 76.4 Å². The molecule has 3 N–H and O–H groups in total. The minimum Gasteiger partial charge on any atom is -0.393 e. The summed E-state index contributed by atoms with van der Waals surface area (Å²) in [5.74, 6) is 1.14. The maximum Gasteiger partial charge on any atom is 0.252 e. The minimum absolute atomic E-state index is 0.0854. The molecule has 5 heteroatoms. The van der Waals surface area contributed by atoms with Crippen LogP contribution in [0.4, 0.5) is 0 Å². The average molecular weight is 307 g/mol. The van der Waals surface area contributed by atoms with Crippen LogP contribution in [0.5, 0.6) is 0 Å². The van der Waals surface area contributed by atoms with E-state index >= 15 is 0 Å². The molecule has 22 heavy (non-hydrogen) atoms. The molecule has 3 aliphatic rings. The summed E-state index contributed by atoms with van der Waals surface area (Å²) < 4.78 is 0. The van der Waals surface area contributed by atoms with Crippen LogP contribution in [0.25, 0.3) is 0 Å². The molecule has 124 valence electrons. The van der Waals surface area contributed by atoms with Gasteiger partial charge in [-0.05, 0) is 44.4 Å². The Morgan fingerprint density at radius 2 is 1.73 bits per heavy atom. The Kier molecular flexibility index (Phi) is 5.01. The van der Waals surface area contributed by atoms with E-state index in [1.54, 1.807) is 4.90 Å². The molecule has 0 aromatic carbocycles. The molecule has 2 aliphatic carbocycles. The number of nitrogens with zero attached hydrogens (tertiary/aromatic N) is 1. The van der Waals surface area contributed by atoms with Gasteiger partial charge in [0.05, 0.1) is 6.10 Å². The van der Waals surface area contributed by atoms with Gasteiger partial charge in [-0.2, -0.15) is 0 Å². The molecule has 3 rings (SSSR count). The second kappa shape index (κ2) is 6.99. The molecule has 1 unspecified atom stereocenters. The van der Waals surface area contributed by atoms with Crippen LogP contribution in [-0.2, 0) is 4.79 Å². The van der Waals surface area contributed by atoms with E-state index in [9.17, 15) is 9.90 Å². The van der Waals surface area contributed by atoms with Gasteiger partial charge in [-0.3, -0.25) is 15.1 Å². The molecule has 1 aliphatic heterocycles. The van der Waals surface area contributed by atoms with Crippen molar-refractivity contribution in [2.45, 2.75) is 88.8 Å². The van der Waals surface area contributed by atoms with Crippen LogP contribution in [0.2, 0.25) is 0 Å². The molecular weight excluding hydrogens is 278 g/mol. The van der Waals surface area contributed by atoms with Crippen LogP contribution in [0, 0.1) is 11.3 Å². The SMILES string of the molecule is N=C1NC(CCC2CCCCC2)C(=O)N1[C@H]1CC[C@H](O)CC1. The Morgan fingerprint density at radius 1 is 1.05 bits per heavy atom. The lowest BCUT2D eigenvalue weighted by Gasteiger charge is -2.32. The van der Waals surface area contributed by atoms with Gasteiger partial charge in [-0.15, -0.1) is 0 Å². The number of aliphatic hydroxyl groups is 1. The van der Waals surface area contributed by atoms with Crippen LogP contribution in [0.15, 0.2) is 0 Å². The van der Waals surface area contributed by atoms with Gasteiger partial charge in [-0.25, -0.2) is 0 Å². The molecule has 0 radical (unpaired) electrons. The van der Waals surface area contributed by atoms with E-state index in [1.165, 1.54) is 32.1 Å². The first-order valence-corrected chi connectivity index (χ1v) is 9.01. The van der Waals surface area contributed by atoms with Crippen molar-refractivity contribution in [1.29, 1.82) is 5.41 Å². The summed E-state index contributed by atoms with van der Waals surface area (Å²) in [5, 5.41) is 20.8. The second-order valence-electron chi connectivity index (χ2n) is 7.30. The molecular formula is C17H29N3O2. The highest BCUT2D eigenvalue weighted by atomic mass is 16.3. The van der Waals surface area contributed by atoms with E-state index < -0.39 is 0 Å². The summed E-state index contributed by atoms with van der Waals surface area (Å²) in [5.41, 5.74) is 0. The maximum absolute atomic E-state index is 12.6. The Morgan fingerprint density at radius 3 is 2.41 bits per heavy atom. The normalized spacial score (nSPS) is 34.0. The number of amides is 1. The highest BCUT2D eigenvalue weighted by Gasteiger charge is 2.40. The zero-order valence-electron chi connectivity index (χ0n) is 13.4. The van der Waals surface area contributed by atoms with Crippen LogP contribution < -0.4 is 5.32 Å². The lowest BCUT2D eigenvalue weighted by molar-refractivity contribution is -0.129. The molecule has 0 spiro atoms. The largest absolute Gasteiger partial charge is 0.393 e. The van der Waals surface area contributed by atoms with Gasteiger partial charge >= 0.3 is 0 Å². The van der Waals surface area contributed by atoms with Crippen molar-refractivity contribution in [3.05, 3.63) is 0 Å². The molecule has 1 atom stereocenters. The Balaban J connectivity index is 1.52. The zero-order chi connectivity index (χ0) is 15.5. The van der Waals surface area contributed by atoms with E-state index in [1.807, 2.05) is 0 Å². The number of hydrogen-bond donors (Lipinski definition) is 3. The second-order valence-corrected chi connectivity index (χ2v) is 7.30. The fourth-order valence-corrected chi connectivity index (χ4v) is 4.33. The number of nitrogens with one attached hydrogen (secondary N) is 2. The third-order valence-electron chi connectivity index (χ3n) is 5.71. The van der Waals surface area contributed by atoms with Gasteiger partial charge < -0.3 is 10.4 Å². The van der Waals surface area contributed by atoms with Crippen molar-refractivity contribution in [1.82, 2.24) is 10.2 Å². The number of carbonyl (C=O) groups is 1. The number of rotatable bonds is 4. The lowest BCUT2D eigenvalue weighted by atomic mass is 9.85. The molecule has 1 heterocycles. The quantitative estimate of drug-likeness (QED) is 0.746. The third-order valence-corrected chi connectivity index (χ3v) is 5.71. The molecule has 5 nitrogen and oxygen atoms in total. The van der Waals surface area contributed by atoms with Gasteiger partial charge in [-0.1, -0.05) is 32.1 Å². The fraction of sp³-hybridized carbons (Fsp3) is 0.882. The van der Waals surface area contributed by atoms with E-state index in [-0.39, 0.29) is 30.1 Å². The number of aliphatic hydroxyl groups excluding tert-OH is 1. The van der Waals surface area contributed by atoms with Crippen molar-refractivity contribution >= 4 is 11.9 Å². The fourth-order valence-electron chi connectivity index (χ4n) is 4.33. The summed E-state index contributed by atoms with van der Waals surface area (Å²) in [6.45, 7) is 0. The first kappa shape index (κ1) is 15.8. The Labute approximate surface area is 133 Å². The van der Waals surface area contributed by atoms with Crippen LogP contribution in [-0.4, -0.2) is 40.1 Å². The van der Waals surface area contributed by atoms with E-state index in [0.29, 0.717) is 0 Å². The van der Waals surface area contributed by atoms with E-state index in [4.69, 9.17) is 5.41 Å². The van der Waals surface area contributed by atoms with Crippen molar-refractivity contribution in [2.24, 2.45) is 5.92 Å².